The molecule has 1 aliphatic heterocycles. The van der Waals surface area contributed by atoms with E-state index in [4.69, 9.17) is 16.0 Å². The molecule has 0 aliphatic carbocycles. The molecule has 3 aromatic rings. The van der Waals surface area contributed by atoms with Crippen LogP contribution in [0.3, 0.4) is 0 Å². The normalized spacial score (nSPS) is 15.2. The minimum absolute atomic E-state index is 0.106. The Labute approximate surface area is 180 Å². The second-order valence-corrected chi connectivity index (χ2v) is 8.02. The number of likely N-dealkylation sites (tertiary alicyclic amines) is 1. The molecule has 1 N–H and O–H groups in total. The second kappa shape index (κ2) is 9.32. The third kappa shape index (κ3) is 5.20. The molecule has 1 aliphatic rings. The number of furan rings is 1. The van der Waals surface area contributed by atoms with Crippen molar-refractivity contribution in [3.05, 3.63) is 93.3 Å². The summed E-state index contributed by atoms with van der Waals surface area (Å²) in [6.45, 7) is 3.04. The Bertz CT molecular complexity index is 1050. The molecular formula is C23H24ClN3O3. The highest BCUT2D eigenvalue weighted by atomic mass is 35.5. The number of halogens is 1. The highest BCUT2D eigenvalue weighted by molar-refractivity contribution is 6.30. The van der Waals surface area contributed by atoms with Gasteiger partial charge in [-0.15, -0.1) is 0 Å². The summed E-state index contributed by atoms with van der Waals surface area (Å²) in [5.74, 6) is 0.640. The molecule has 0 spiro atoms. The minimum Gasteiger partial charge on any atom is -0.454 e. The molecule has 4 rings (SSSR count). The topological polar surface area (TPSA) is 67.5 Å². The van der Waals surface area contributed by atoms with Gasteiger partial charge in [-0.1, -0.05) is 29.8 Å². The number of hydrogen-bond acceptors (Lipinski definition) is 4. The molecule has 0 saturated carbocycles. The zero-order valence-electron chi connectivity index (χ0n) is 16.6. The molecule has 30 heavy (non-hydrogen) atoms. The number of nitrogens with zero attached hydrogens (tertiary/aromatic N) is 2. The lowest BCUT2D eigenvalue weighted by Gasteiger charge is -2.32. The van der Waals surface area contributed by atoms with Crippen molar-refractivity contribution in [2.75, 3.05) is 13.1 Å². The molecule has 2 aromatic heterocycles. The van der Waals surface area contributed by atoms with Gasteiger partial charge in [0.15, 0.2) is 5.76 Å². The van der Waals surface area contributed by atoms with E-state index in [1.165, 1.54) is 16.2 Å². The zero-order chi connectivity index (χ0) is 20.9. The zero-order valence-corrected chi connectivity index (χ0v) is 17.3. The Hall–Kier alpha value is -2.83. The second-order valence-electron chi connectivity index (χ2n) is 7.58. The first-order chi connectivity index (χ1) is 14.6. The van der Waals surface area contributed by atoms with Crippen molar-refractivity contribution in [2.45, 2.75) is 32.0 Å². The van der Waals surface area contributed by atoms with E-state index in [0.29, 0.717) is 12.3 Å². The van der Waals surface area contributed by atoms with Crippen LogP contribution in [-0.4, -0.2) is 34.5 Å². The van der Waals surface area contributed by atoms with Crippen molar-refractivity contribution < 1.29 is 9.21 Å². The van der Waals surface area contributed by atoms with Crippen molar-refractivity contribution >= 4 is 17.5 Å². The van der Waals surface area contributed by atoms with E-state index < -0.39 is 0 Å². The molecule has 0 bridgehead atoms. The van der Waals surface area contributed by atoms with Crippen LogP contribution in [0.2, 0.25) is 5.02 Å². The average molecular weight is 426 g/mol. The number of carbonyl (C=O) groups is 1. The maximum atomic E-state index is 12.6. The van der Waals surface area contributed by atoms with Gasteiger partial charge in [0.05, 0.1) is 6.54 Å². The van der Waals surface area contributed by atoms with E-state index in [-0.39, 0.29) is 23.3 Å². The first-order valence-electron chi connectivity index (χ1n) is 10.1. The van der Waals surface area contributed by atoms with Crippen molar-refractivity contribution in [2.24, 2.45) is 0 Å². The van der Waals surface area contributed by atoms with Gasteiger partial charge in [-0.2, -0.15) is 0 Å². The van der Waals surface area contributed by atoms with Gasteiger partial charge in [-0.05, 0) is 48.7 Å². The Balaban J connectivity index is 1.27. The molecule has 6 nitrogen and oxygen atoms in total. The molecule has 0 unspecified atom stereocenters. The molecule has 3 heterocycles. The van der Waals surface area contributed by atoms with Crippen LogP contribution in [0.1, 0.15) is 34.7 Å². The molecular weight excluding hydrogens is 402 g/mol. The summed E-state index contributed by atoms with van der Waals surface area (Å²) in [5.41, 5.74) is 1.13. The number of carbonyl (C=O) groups excluding carboxylic acids is 1. The van der Waals surface area contributed by atoms with Gasteiger partial charge < -0.3 is 14.3 Å². The Kier molecular flexibility index (Phi) is 6.35. The summed E-state index contributed by atoms with van der Waals surface area (Å²) >= 11 is 5.94. The van der Waals surface area contributed by atoms with Crippen molar-refractivity contribution in [3.8, 4) is 0 Å². The summed E-state index contributed by atoms with van der Waals surface area (Å²) in [6.07, 6.45) is 3.49. The van der Waals surface area contributed by atoms with Crippen LogP contribution in [0.4, 0.5) is 0 Å². The van der Waals surface area contributed by atoms with Gasteiger partial charge in [-0.3, -0.25) is 14.5 Å². The van der Waals surface area contributed by atoms with Gasteiger partial charge in [0, 0.05) is 43.0 Å². The predicted molar refractivity (Wildman–Crippen MR) is 116 cm³/mol. The average Bonchev–Trinajstić information content (AvgIpc) is 3.22. The van der Waals surface area contributed by atoms with Gasteiger partial charge in [0.25, 0.3) is 11.5 Å². The SMILES string of the molecule is O=C(NC1CCN(Cc2ccc(Cl)cc2)CC1)c1ccc(Cn2ccccc2=O)o1. The summed E-state index contributed by atoms with van der Waals surface area (Å²) in [4.78, 5) is 26.7. The molecule has 0 atom stereocenters. The van der Waals surface area contributed by atoms with Gasteiger partial charge >= 0.3 is 0 Å². The van der Waals surface area contributed by atoms with Gasteiger partial charge in [-0.25, -0.2) is 0 Å². The molecule has 0 radical (unpaired) electrons. The molecule has 1 aromatic carbocycles. The first-order valence-corrected chi connectivity index (χ1v) is 10.5. The number of nitrogens with one attached hydrogen (secondary N) is 1. The van der Waals surface area contributed by atoms with E-state index in [1.54, 1.807) is 30.5 Å². The van der Waals surface area contributed by atoms with E-state index in [0.717, 1.165) is 37.5 Å². The lowest BCUT2D eigenvalue weighted by molar-refractivity contribution is 0.0879. The van der Waals surface area contributed by atoms with Crippen molar-refractivity contribution in [1.82, 2.24) is 14.8 Å². The minimum atomic E-state index is -0.210. The smallest absolute Gasteiger partial charge is 0.287 e. The van der Waals surface area contributed by atoms with E-state index >= 15 is 0 Å². The lowest BCUT2D eigenvalue weighted by Crippen LogP contribution is -2.44. The molecule has 7 heteroatoms. The van der Waals surface area contributed by atoms with Crippen LogP contribution in [0.25, 0.3) is 0 Å². The van der Waals surface area contributed by atoms with E-state index in [9.17, 15) is 9.59 Å². The van der Waals surface area contributed by atoms with Crippen molar-refractivity contribution in [1.29, 1.82) is 0 Å². The summed E-state index contributed by atoms with van der Waals surface area (Å²) in [6, 6.07) is 16.4. The highest BCUT2D eigenvalue weighted by Gasteiger charge is 2.22. The highest BCUT2D eigenvalue weighted by Crippen LogP contribution is 2.17. The first kappa shape index (κ1) is 20.4. The number of hydrogen-bond donors (Lipinski definition) is 1. The fourth-order valence-corrected chi connectivity index (χ4v) is 3.81. The Morgan fingerprint density at radius 1 is 1.03 bits per heavy atom. The third-order valence-corrected chi connectivity index (χ3v) is 5.60. The quantitative estimate of drug-likeness (QED) is 0.656. The van der Waals surface area contributed by atoms with Crippen LogP contribution in [0, 0.1) is 0 Å². The molecule has 1 fully saturated rings. The standard InChI is InChI=1S/C23H24ClN3O3/c24-18-6-4-17(5-7-18)15-26-13-10-19(11-14-26)25-23(29)21-9-8-20(30-21)16-27-12-2-1-3-22(27)28/h1-9,12,19H,10-11,13-16H2,(H,25,29). The summed E-state index contributed by atoms with van der Waals surface area (Å²) in [5, 5.41) is 3.82. The fourth-order valence-electron chi connectivity index (χ4n) is 3.68. The summed E-state index contributed by atoms with van der Waals surface area (Å²) < 4.78 is 7.20. The number of aromatic nitrogens is 1. The number of benzene rings is 1. The largest absolute Gasteiger partial charge is 0.454 e. The maximum absolute atomic E-state index is 12.6. The van der Waals surface area contributed by atoms with Gasteiger partial charge in [0.1, 0.15) is 5.76 Å². The van der Waals surface area contributed by atoms with Crippen LogP contribution in [0.15, 0.2) is 70.0 Å². The fraction of sp³-hybridized carbons (Fsp3) is 0.304. The Morgan fingerprint density at radius 2 is 1.80 bits per heavy atom. The molecule has 1 saturated heterocycles. The third-order valence-electron chi connectivity index (χ3n) is 5.35. The number of amides is 1. The van der Waals surface area contributed by atoms with Crippen LogP contribution in [0.5, 0.6) is 0 Å². The lowest BCUT2D eigenvalue weighted by atomic mass is 10.0. The van der Waals surface area contributed by atoms with Gasteiger partial charge in [0.2, 0.25) is 0 Å². The Morgan fingerprint density at radius 3 is 2.53 bits per heavy atom. The van der Waals surface area contributed by atoms with Crippen molar-refractivity contribution in [3.63, 3.8) is 0 Å². The maximum Gasteiger partial charge on any atom is 0.287 e. The number of piperidine rings is 1. The summed E-state index contributed by atoms with van der Waals surface area (Å²) in [7, 11) is 0. The number of pyridine rings is 1. The molecule has 1 amide bonds. The monoisotopic (exact) mass is 425 g/mol. The van der Waals surface area contributed by atoms with E-state index in [2.05, 4.69) is 10.2 Å². The van der Waals surface area contributed by atoms with Crippen LogP contribution in [-0.2, 0) is 13.1 Å². The predicted octanol–water partition coefficient (Wildman–Crippen LogP) is 3.54. The number of rotatable bonds is 6. The van der Waals surface area contributed by atoms with Crippen LogP contribution >= 0.6 is 11.6 Å². The van der Waals surface area contributed by atoms with E-state index in [1.807, 2.05) is 24.3 Å². The van der Waals surface area contributed by atoms with Crippen LogP contribution < -0.4 is 10.9 Å². The molecule has 156 valence electrons.